The Labute approximate surface area is 221 Å². The van der Waals surface area contributed by atoms with Crippen molar-refractivity contribution in [1.82, 2.24) is 9.97 Å². The first-order valence-corrected chi connectivity index (χ1v) is 12.0. The van der Waals surface area contributed by atoms with E-state index in [1.807, 2.05) is 12.1 Å². The van der Waals surface area contributed by atoms with Crippen LogP contribution < -0.4 is 21.5 Å². The van der Waals surface area contributed by atoms with Gasteiger partial charge in [0.25, 0.3) is 0 Å². The largest absolute Gasteiger partial charge is 0.487 e. The molecule has 2 heterocycles. The van der Waals surface area contributed by atoms with Crippen LogP contribution >= 0.6 is 22.9 Å². The predicted octanol–water partition coefficient (Wildman–Crippen LogP) is 5.02. The standard InChI is InChI=1S/C26H21ClFN7OS/c1-31-24(29)25(30)32-10-3-2-7-19-13-21-23(37-19)26(34-15-33-21)35-18-8-9-22(20(27)12-18)36-14-16-5-4-6-17(28)11-16/h3-6,8-13,15H,14H2,1H3,(H2,29,31)(H2,30,32)(H,33,34,35)/b10-3+. The zero-order valence-electron chi connectivity index (χ0n) is 19.6. The smallest absolute Gasteiger partial charge is 0.165 e. The fourth-order valence-electron chi connectivity index (χ4n) is 3.07. The van der Waals surface area contributed by atoms with Crippen LogP contribution in [0.4, 0.5) is 15.9 Å². The SMILES string of the molecule is CN=C(N)C(N)=N/C=C/C#Cc1cc2ncnc(Nc3ccc(OCc4cccc(F)c4)c(Cl)c3)c2s1. The van der Waals surface area contributed by atoms with Gasteiger partial charge >= 0.3 is 0 Å². The van der Waals surface area contributed by atoms with E-state index in [0.717, 1.165) is 20.8 Å². The highest BCUT2D eigenvalue weighted by atomic mass is 35.5. The number of hydrogen-bond acceptors (Lipinski definition) is 7. The summed E-state index contributed by atoms with van der Waals surface area (Å²) in [7, 11) is 1.53. The highest BCUT2D eigenvalue weighted by Crippen LogP contribution is 2.33. The highest BCUT2D eigenvalue weighted by Gasteiger charge is 2.10. The lowest BCUT2D eigenvalue weighted by molar-refractivity contribution is 0.306. The molecule has 186 valence electrons. The summed E-state index contributed by atoms with van der Waals surface area (Å²) in [6, 6.07) is 13.4. The summed E-state index contributed by atoms with van der Waals surface area (Å²) >= 11 is 7.87. The summed E-state index contributed by atoms with van der Waals surface area (Å²) in [5.74, 6) is 7.02. The number of benzene rings is 2. The van der Waals surface area contributed by atoms with Gasteiger partial charge in [0.1, 0.15) is 24.5 Å². The van der Waals surface area contributed by atoms with Gasteiger partial charge in [0.15, 0.2) is 17.5 Å². The van der Waals surface area contributed by atoms with Crippen molar-refractivity contribution in [3.8, 4) is 17.6 Å². The van der Waals surface area contributed by atoms with Crippen LogP contribution in [0.5, 0.6) is 5.75 Å². The molecular formula is C26H21ClFN7OS. The Bertz CT molecular complexity index is 1590. The Kier molecular flexibility index (Phi) is 8.30. The molecule has 4 rings (SSSR count). The number of aliphatic imine (C=N–C) groups is 2. The molecule has 11 heteroatoms. The van der Waals surface area contributed by atoms with Gasteiger partial charge in [0.2, 0.25) is 0 Å². The van der Waals surface area contributed by atoms with Gasteiger partial charge in [-0.25, -0.2) is 19.4 Å². The third kappa shape index (κ3) is 6.82. The maximum atomic E-state index is 13.4. The van der Waals surface area contributed by atoms with Crippen LogP contribution in [-0.2, 0) is 6.61 Å². The van der Waals surface area contributed by atoms with Crippen molar-refractivity contribution in [2.24, 2.45) is 21.5 Å². The Morgan fingerprint density at radius 2 is 2.05 bits per heavy atom. The number of nitrogens with zero attached hydrogens (tertiary/aromatic N) is 4. The van der Waals surface area contributed by atoms with Crippen LogP contribution in [0.2, 0.25) is 5.02 Å². The first-order valence-electron chi connectivity index (χ1n) is 10.8. The Morgan fingerprint density at radius 1 is 1.19 bits per heavy atom. The van der Waals surface area contributed by atoms with Crippen LogP contribution in [0, 0.1) is 17.7 Å². The Hall–Kier alpha value is -4.46. The van der Waals surface area contributed by atoms with Gasteiger partial charge in [-0.1, -0.05) is 35.6 Å². The molecule has 4 aromatic rings. The van der Waals surface area contributed by atoms with Crippen molar-refractivity contribution >= 4 is 56.3 Å². The minimum absolute atomic E-state index is 0.125. The minimum atomic E-state index is -0.315. The lowest BCUT2D eigenvalue weighted by atomic mass is 10.2. The number of amidine groups is 2. The molecule has 0 saturated heterocycles. The molecule has 0 radical (unpaired) electrons. The molecular weight excluding hydrogens is 513 g/mol. The van der Waals surface area contributed by atoms with Crippen molar-refractivity contribution in [1.29, 1.82) is 0 Å². The van der Waals surface area contributed by atoms with E-state index in [9.17, 15) is 4.39 Å². The molecule has 0 atom stereocenters. The lowest BCUT2D eigenvalue weighted by Gasteiger charge is -2.11. The summed E-state index contributed by atoms with van der Waals surface area (Å²) in [5, 5.41) is 3.68. The topological polar surface area (TPSA) is 124 Å². The molecule has 0 fully saturated rings. The fourth-order valence-corrected chi connectivity index (χ4v) is 4.23. The molecule has 0 aliphatic heterocycles. The van der Waals surface area contributed by atoms with Gasteiger partial charge in [-0.2, -0.15) is 0 Å². The number of nitrogens with one attached hydrogen (secondary N) is 1. The summed E-state index contributed by atoms with van der Waals surface area (Å²) in [4.78, 5) is 17.2. The summed E-state index contributed by atoms with van der Waals surface area (Å²) in [6.45, 7) is 0.200. The van der Waals surface area contributed by atoms with Gasteiger partial charge in [-0.15, -0.1) is 11.3 Å². The predicted molar refractivity (Wildman–Crippen MR) is 148 cm³/mol. The first-order chi connectivity index (χ1) is 17.9. The monoisotopic (exact) mass is 533 g/mol. The number of fused-ring (bicyclic) bond motifs is 1. The molecule has 5 N–H and O–H groups in total. The van der Waals surface area contributed by atoms with E-state index in [4.69, 9.17) is 27.8 Å². The van der Waals surface area contributed by atoms with E-state index >= 15 is 0 Å². The Morgan fingerprint density at radius 3 is 2.84 bits per heavy atom. The van der Waals surface area contributed by atoms with Gasteiger partial charge in [0.05, 0.1) is 20.1 Å². The third-order valence-electron chi connectivity index (χ3n) is 4.86. The first kappa shape index (κ1) is 25.6. The van der Waals surface area contributed by atoms with E-state index < -0.39 is 0 Å². The van der Waals surface area contributed by atoms with Crippen LogP contribution in [0.25, 0.3) is 10.2 Å². The molecule has 8 nitrogen and oxygen atoms in total. The number of thiophene rings is 1. The molecule has 0 unspecified atom stereocenters. The number of ether oxygens (including phenoxy) is 1. The van der Waals surface area contributed by atoms with Gasteiger partial charge in [0, 0.05) is 25.0 Å². The summed E-state index contributed by atoms with van der Waals surface area (Å²) in [5.41, 5.74) is 13.4. The minimum Gasteiger partial charge on any atom is -0.487 e. The molecule has 0 aliphatic rings. The normalized spacial score (nSPS) is 12.0. The van der Waals surface area contributed by atoms with Crippen molar-refractivity contribution in [3.63, 3.8) is 0 Å². The molecule has 0 aliphatic carbocycles. The second kappa shape index (κ2) is 12.0. The van der Waals surface area contributed by atoms with E-state index in [2.05, 4.69) is 37.1 Å². The van der Waals surface area contributed by atoms with Crippen LogP contribution in [0.15, 0.2) is 77.1 Å². The quantitative estimate of drug-likeness (QED) is 0.182. The molecule has 2 aromatic heterocycles. The third-order valence-corrected chi connectivity index (χ3v) is 6.20. The van der Waals surface area contributed by atoms with E-state index in [0.29, 0.717) is 22.2 Å². The molecule has 0 saturated carbocycles. The van der Waals surface area contributed by atoms with Gasteiger partial charge < -0.3 is 21.5 Å². The van der Waals surface area contributed by atoms with Crippen molar-refractivity contribution in [2.45, 2.75) is 6.61 Å². The zero-order valence-corrected chi connectivity index (χ0v) is 21.1. The molecule has 0 amide bonds. The van der Waals surface area contributed by atoms with Crippen molar-refractivity contribution < 1.29 is 9.13 Å². The number of allylic oxidation sites excluding steroid dienone is 1. The summed E-state index contributed by atoms with van der Waals surface area (Å²) in [6.07, 6.45) is 4.49. The number of hydrogen-bond donors (Lipinski definition) is 3. The fraction of sp³-hybridized carbons (Fsp3) is 0.0769. The Balaban J connectivity index is 1.46. The van der Waals surface area contributed by atoms with Crippen molar-refractivity contribution in [3.05, 3.63) is 88.4 Å². The van der Waals surface area contributed by atoms with Crippen LogP contribution in [0.1, 0.15) is 10.4 Å². The van der Waals surface area contributed by atoms with Crippen LogP contribution in [0.3, 0.4) is 0 Å². The van der Waals surface area contributed by atoms with E-state index in [1.54, 1.807) is 30.3 Å². The van der Waals surface area contributed by atoms with Crippen molar-refractivity contribution in [2.75, 3.05) is 12.4 Å². The number of nitrogens with two attached hydrogens (primary N) is 2. The molecule has 0 spiro atoms. The summed E-state index contributed by atoms with van der Waals surface area (Å²) < 4.78 is 20.0. The van der Waals surface area contributed by atoms with Gasteiger partial charge in [-0.3, -0.25) is 4.99 Å². The average molecular weight is 534 g/mol. The molecule has 0 bridgehead atoms. The van der Waals surface area contributed by atoms with E-state index in [1.165, 1.54) is 43.0 Å². The van der Waals surface area contributed by atoms with E-state index in [-0.39, 0.29) is 24.1 Å². The van der Waals surface area contributed by atoms with Gasteiger partial charge in [-0.05, 0) is 42.0 Å². The number of aromatic nitrogens is 2. The number of anilines is 2. The number of halogens is 2. The molecule has 37 heavy (non-hydrogen) atoms. The molecule has 2 aromatic carbocycles. The zero-order chi connectivity index (χ0) is 26.2. The number of rotatable bonds is 6. The second-order valence-corrected chi connectivity index (χ2v) is 8.90. The average Bonchev–Trinajstić information content (AvgIpc) is 3.31. The van der Waals surface area contributed by atoms with Crippen LogP contribution in [-0.4, -0.2) is 28.7 Å². The highest BCUT2D eigenvalue weighted by molar-refractivity contribution is 7.20. The maximum absolute atomic E-state index is 13.4. The second-order valence-electron chi connectivity index (χ2n) is 7.44. The maximum Gasteiger partial charge on any atom is 0.165 e. The lowest BCUT2D eigenvalue weighted by Crippen LogP contribution is -2.30.